The predicted octanol–water partition coefficient (Wildman–Crippen LogP) is 2.29. The van der Waals surface area contributed by atoms with E-state index >= 15 is 0 Å². The molecule has 0 saturated heterocycles. The van der Waals surface area contributed by atoms with E-state index in [-0.39, 0.29) is 18.7 Å². The number of hydrogen-bond acceptors (Lipinski definition) is 4. The molecule has 0 radical (unpaired) electrons. The standard InChI is InChI=1S/C14H19NO5/c1-3-19-10-5-6-12(20-4-2)11(9-10)15-13(16)7-8-14(17)18/h5-6,9H,3-4,7-8H2,1-2H3,(H,15,16)(H,17,18). The highest BCUT2D eigenvalue weighted by Crippen LogP contribution is 2.29. The molecule has 0 heterocycles. The summed E-state index contributed by atoms with van der Waals surface area (Å²) >= 11 is 0. The van der Waals surface area contributed by atoms with Gasteiger partial charge in [0.2, 0.25) is 5.91 Å². The van der Waals surface area contributed by atoms with Crippen LogP contribution in [0.1, 0.15) is 26.7 Å². The molecular formula is C14H19NO5. The minimum absolute atomic E-state index is 0.0836. The van der Waals surface area contributed by atoms with Crippen LogP contribution >= 0.6 is 0 Å². The smallest absolute Gasteiger partial charge is 0.303 e. The summed E-state index contributed by atoms with van der Waals surface area (Å²) in [5.41, 5.74) is 0.480. The number of carbonyl (C=O) groups is 2. The van der Waals surface area contributed by atoms with Crippen LogP contribution in [0.5, 0.6) is 11.5 Å². The quantitative estimate of drug-likeness (QED) is 0.763. The van der Waals surface area contributed by atoms with E-state index in [1.165, 1.54) is 0 Å². The molecule has 1 rings (SSSR count). The summed E-state index contributed by atoms with van der Waals surface area (Å²) in [6, 6.07) is 5.12. The average molecular weight is 281 g/mol. The first kappa shape index (κ1) is 15.8. The van der Waals surface area contributed by atoms with Crippen molar-refractivity contribution >= 4 is 17.6 Å². The van der Waals surface area contributed by atoms with Gasteiger partial charge in [-0.05, 0) is 26.0 Å². The van der Waals surface area contributed by atoms with Crippen molar-refractivity contribution in [3.63, 3.8) is 0 Å². The van der Waals surface area contributed by atoms with Gasteiger partial charge >= 0.3 is 5.97 Å². The van der Waals surface area contributed by atoms with Crippen LogP contribution in [0.15, 0.2) is 18.2 Å². The van der Waals surface area contributed by atoms with Gasteiger partial charge in [0.1, 0.15) is 11.5 Å². The lowest BCUT2D eigenvalue weighted by Gasteiger charge is -2.13. The number of ether oxygens (including phenoxy) is 2. The molecule has 0 atom stereocenters. The molecule has 0 fully saturated rings. The summed E-state index contributed by atoms with van der Waals surface area (Å²) in [7, 11) is 0. The predicted molar refractivity (Wildman–Crippen MR) is 74.3 cm³/mol. The Kier molecular flexibility index (Phi) is 6.36. The van der Waals surface area contributed by atoms with Gasteiger partial charge in [-0.2, -0.15) is 0 Å². The highest BCUT2D eigenvalue weighted by molar-refractivity contribution is 5.94. The van der Waals surface area contributed by atoms with Gasteiger partial charge in [-0.1, -0.05) is 0 Å². The third-order valence-corrected chi connectivity index (χ3v) is 2.40. The number of carboxylic acid groups (broad SMARTS) is 1. The van der Waals surface area contributed by atoms with Gasteiger partial charge < -0.3 is 19.9 Å². The average Bonchev–Trinajstić information content (AvgIpc) is 2.40. The first-order valence-electron chi connectivity index (χ1n) is 6.48. The Morgan fingerprint density at radius 3 is 2.45 bits per heavy atom. The van der Waals surface area contributed by atoms with Gasteiger partial charge in [-0.15, -0.1) is 0 Å². The van der Waals surface area contributed by atoms with Crippen LogP contribution < -0.4 is 14.8 Å². The van der Waals surface area contributed by atoms with Crippen LogP contribution in [0.4, 0.5) is 5.69 Å². The fourth-order valence-electron chi connectivity index (χ4n) is 1.58. The summed E-state index contributed by atoms with van der Waals surface area (Å²) in [5.74, 6) is -0.237. The molecule has 1 amide bonds. The molecule has 0 aromatic heterocycles. The van der Waals surface area contributed by atoms with Gasteiger partial charge in [0, 0.05) is 12.5 Å². The fourth-order valence-corrected chi connectivity index (χ4v) is 1.58. The zero-order valence-electron chi connectivity index (χ0n) is 11.6. The SMILES string of the molecule is CCOc1ccc(OCC)c(NC(=O)CCC(=O)O)c1. The van der Waals surface area contributed by atoms with E-state index in [2.05, 4.69) is 5.32 Å². The maximum absolute atomic E-state index is 11.7. The number of rotatable bonds is 8. The van der Waals surface area contributed by atoms with E-state index in [1.54, 1.807) is 18.2 Å². The molecule has 2 N–H and O–H groups in total. The van der Waals surface area contributed by atoms with Crippen LogP contribution in [0.2, 0.25) is 0 Å². The Hall–Kier alpha value is -2.24. The molecule has 6 heteroatoms. The van der Waals surface area contributed by atoms with E-state index in [9.17, 15) is 9.59 Å². The molecule has 0 bridgehead atoms. The number of benzene rings is 1. The van der Waals surface area contributed by atoms with Crippen LogP contribution in [0, 0.1) is 0 Å². The summed E-state index contributed by atoms with van der Waals surface area (Å²) in [5, 5.41) is 11.2. The Morgan fingerprint density at radius 2 is 1.85 bits per heavy atom. The maximum atomic E-state index is 11.7. The lowest BCUT2D eigenvalue weighted by Crippen LogP contribution is -2.14. The number of nitrogens with one attached hydrogen (secondary N) is 1. The minimum Gasteiger partial charge on any atom is -0.494 e. The van der Waals surface area contributed by atoms with Crippen molar-refractivity contribution in [2.24, 2.45) is 0 Å². The van der Waals surface area contributed by atoms with Crippen LogP contribution in [-0.4, -0.2) is 30.2 Å². The largest absolute Gasteiger partial charge is 0.494 e. The number of carboxylic acids is 1. The van der Waals surface area contributed by atoms with E-state index in [4.69, 9.17) is 14.6 Å². The molecule has 20 heavy (non-hydrogen) atoms. The van der Waals surface area contributed by atoms with Crippen LogP contribution in [0.25, 0.3) is 0 Å². The number of anilines is 1. The van der Waals surface area contributed by atoms with E-state index in [0.29, 0.717) is 30.4 Å². The lowest BCUT2D eigenvalue weighted by atomic mass is 10.2. The van der Waals surface area contributed by atoms with Gasteiger partial charge in [0.15, 0.2) is 0 Å². The van der Waals surface area contributed by atoms with Gasteiger partial charge in [-0.3, -0.25) is 9.59 Å². The second-order valence-corrected chi connectivity index (χ2v) is 3.97. The molecule has 110 valence electrons. The maximum Gasteiger partial charge on any atom is 0.303 e. The summed E-state index contributed by atoms with van der Waals surface area (Å²) in [4.78, 5) is 22.1. The summed E-state index contributed by atoms with van der Waals surface area (Å²) in [6.45, 7) is 4.68. The third-order valence-electron chi connectivity index (χ3n) is 2.40. The van der Waals surface area contributed by atoms with Crippen LogP contribution in [-0.2, 0) is 9.59 Å². The first-order chi connectivity index (χ1) is 9.56. The van der Waals surface area contributed by atoms with Crippen molar-refractivity contribution in [3.05, 3.63) is 18.2 Å². The molecule has 0 aliphatic rings. The highest BCUT2D eigenvalue weighted by Gasteiger charge is 2.11. The molecular weight excluding hydrogens is 262 g/mol. The second-order valence-electron chi connectivity index (χ2n) is 3.97. The monoisotopic (exact) mass is 281 g/mol. The highest BCUT2D eigenvalue weighted by atomic mass is 16.5. The number of hydrogen-bond donors (Lipinski definition) is 2. The molecule has 6 nitrogen and oxygen atoms in total. The van der Waals surface area contributed by atoms with E-state index in [0.717, 1.165) is 0 Å². The van der Waals surface area contributed by atoms with Crippen molar-refractivity contribution in [2.75, 3.05) is 18.5 Å². The number of carbonyl (C=O) groups excluding carboxylic acids is 1. The molecule has 0 aliphatic carbocycles. The van der Waals surface area contributed by atoms with E-state index in [1.807, 2.05) is 13.8 Å². The Labute approximate surface area is 117 Å². The zero-order chi connectivity index (χ0) is 15.0. The van der Waals surface area contributed by atoms with Crippen molar-refractivity contribution in [2.45, 2.75) is 26.7 Å². The number of aliphatic carboxylic acids is 1. The van der Waals surface area contributed by atoms with Crippen molar-refractivity contribution < 1.29 is 24.2 Å². The van der Waals surface area contributed by atoms with Crippen molar-refractivity contribution in [1.82, 2.24) is 0 Å². The van der Waals surface area contributed by atoms with E-state index < -0.39 is 5.97 Å². The topological polar surface area (TPSA) is 84.9 Å². The summed E-state index contributed by atoms with van der Waals surface area (Å²) < 4.78 is 10.8. The molecule has 0 spiro atoms. The molecule has 1 aromatic rings. The first-order valence-corrected chi connectivity index (χ1v) is 6.48. The number of amides is 1. The normalized spacial score (nSPS) is 9.90. The minimum atomic E-state index is -1.01. The van der Waals surface area contributed by atoms with Crippen LogP contribution in [0.3, 0.4) is 0 Å². The molecule has 1 aromatic carbocycles. The molecule has 0 saturated carbocycles. The molecule has 0 unspecified atom stereocenters. The third kappa shape index (κ3) is 5.17. The van der Waals surface area contributed by atoms with Gasteiger partial charge in [0.25, 0.3) is 0 Å². The van der Waals surface area contributed by atoms with Gasteiger partial charge in [0.05, 0.1) is 25.3 Å². The van der Waals surface area contributed by atoms with Crippen molar-refractivity contribution in [3.8, 4) is 11.5 Å². The Morgan fingerprint density at radius 1 is 1.15 bits per heavy atom. The van der Waals surface area contributed by atoms with Crippen molar-refractivity contribution in [1.29, 1.82) is 0 Å². The summed E-state index contributed by atoms with van der Waals surface area (Å²) in [6.07, 6.45) is -0.291. The second kappa shape index (κ2) is 8.04. The molecule has 0 aliphatic heterocycles. The van der Waals surface area contributed by atoms with Gasteiger partial charge in [-0.25, -0.2) is 0 Å². The lowest BCUT2D eigenvalue weighted by molar-refractivity contribution is -0.138. The Bertz CT molecular complexity index is 473. The Balaban J connectivity index is 2.80. The zero-order valence-corrected chi connectivity index (χ0v) is 11.6. The fraction of sp³-hybridized carbons (Fsp3) is 0.429.